The SMILES string of the molecule is CC1(C)Cc2c(sc(NC(=O)C(=O)NCc3ccco3)c2C#N)CO1. The summed E-state index contributed by atoms with van der Waals surface area (Å²) < 4.78 is 10.8. The second-order valence-corrected chi connectivity index (χ2v) is 7.37. The van der Waals surface area contributed by atoms with E-state index >= 15 is 0 Å². The van der Waals surface area contributed by atoms with Gasteiger partial charge in [-0.2, -0.15) is 5.26 Å². The summed E-state index contributed by atoms with van der Waals surface area (Å²) in [7, 11) is 0. The van der Waals surface area contributed by atoms with Crippen LogP contribution in [-0.4, -0.2) is 17.4 Å². The first-order valence-electron chi connectivity index (χ1n) is 7.70. The molecule has 25 heavy (non-hydrogen) atoms. The number of hydrogen-bond acceptors (Lipinski definition) is 6. The molecule has 0 saturated heterocycles. The van der Waals surface area contributed by atoms with E-state index < -0.39 is 11.8 Å². The van der Waals surface area contributed by atoms with E-state index in [0.717, 1.165) is 10.4 Å². The van der Waals surface area contributed by atoms with Gasteiger partial charge in [0, 0.05) is 11.3 Å². The first kappa shape index (κ1) is 17.2. The van der Waals surface area contributed by atoms with Crippen LogP contribution in [0.1, 0.15) is 35.6 Å². The molecule has 1 aliphatic rings. The van der Waals surface area contributed by atoms with Crippen LogP contribution in [0.5, 0.6) is 0 Å². The van der Waals surface area contributed by atoms with Gasteiger partial charge in [0.1, 0.15) is 16.8 Å². The van der Waals surface area contributed by atoms with Crippen LogP contribution in [-0.2, 0) is 33.9 Å². The number of nitriles is 1. The fraction of sp³-hybridized carbons (Fsp3) is 0.353. The Labute approximate surface area is 148 Å². The zero-order valence-corrected chi connectivity index (χ0v) is 14.7. The van der Waals surface area contributed by atoms with Crippen molar-refractivity contribution in [3.05, 3.63) is 40.2 Å². The Balaban J connectivity index is 1.70. The highest BCUT2D eigenvalue weighted by Crippen LogP contribution is 2.39. The van der Waals surface area contributed by atoms with Crippen LogP contribution in [0.25, 0.3) is 0 Å². The number of carbonyl (C=O) groups excluding carboxylic acids is 2. The Hall–Kier alpha value is -2.63. The number of ether oxygens (including phenoxy) is 1. The molecule has 3 heterocycles. The van der Waals surface area contributed by atoms with E-state index in [1.165, 1.54) is 17.6 Å². The smallest absolute Gasteiger partial charge is 0.314 e. The predicted molar refractivity (Wildman–Crippen MR) is 90.8 cm³/mol. The minimum Gasteiger partial charge on any atom is -0.467 e. The van der Waals surface area contributed by atoms with E-state index in [4.69, 9.17) is 9.15 Å². The summed E-state index contributed by atoms with van der Waals surface area (Å²) in [5.74, 6) is -1.06. The Morgan fingerprint density at radius 1 is 1.40 bits per heavy atom. The summed E-state index contributed by atoms with van der Waals surface area (Å²) in [5, 5.41) is 14.9. The zero-order valence-electron chi connectivity index (χ0n) is 13.8. The minimum absolute atomic E-state index is 0.118. The van der Waals surface area contributed by atoms with Crippen molar-refractivity contribution in [2.75, 3.05) is 5.32 Å². The van der Waals surface area contributed by atoms with Gasteiger partial charge in [0.15, 0.2) is 0 Å². The topological polar surface area (TPSA) is 104 Å². The van der Waals surface area contributed by atoms with Crippen molar-refractivity contribution in [3.63, 3.8) is 0 Å². The number of nitrogens with zero attached hydrogens (tertiary/aromatic N) is 1. The first-order valence-corrected chi connectivity index (χ1v) is 8.51. The van der Waals surface area contributed by atoms with Crippen molar-refractivity contribution in [1.82, 2.24) is 5.32 Å². The molecule has 0 spiro atoms. The van der Waals surface area contributed by atoms with Crippen LogP contribution in [0.4, 0.5) is 5.00 Å². The van der Waals surface area contributed by atoms with Crippen molar-refractivity contribution in [2.45, 2.75) is 39.0 Å². The number of thiophene rings is 1. The minimum atomic E-state index is -0.818. The molecule has 2 N–H and O–H groups in total. The lowest BCUT2D eigenvalue weighted by atomic mass is 9.93. The Bertz CT molecular complexity index is 846. The molecule has 2 amide bonds. The summed E-state index contributed by atoms with van der Waals surface area (Å²) in [6.07, 6.45) is 2.07. The van der Waals surface area contributed by atoms with Crippen molar-refractivity contribution in [1.29, 1.82) is 5.26 Å². The first-order chi connectivity index (χ1) is 11.9. The molecule has 0 radical (unpaired) electrons. The highest BCUT2D eigenvalue weighted by atomic mass is 32.1. The van der Waals surface area contributed by atoms with Crippen molar-refractivity contribution in [2.24, 2.45) is 0 Å². The van der Waals surface area contributed by atoms with Crippen LogP contribution in [0.15, 0.2) is 22.8 Å². The maximum absolute atomic E-state index is 12.1. The van der Waals surface area contributed by atoms with Gasteiger partial charge in [-0.25, -0.2) is 0 Å². The van der Waals surface area contributed by atoms with Crippen LogP contribution < -0.4 is 10.6 Å². The molecule has 2 aromatic rings. The van der Waals surface area contributed by atoms with E-state index in [1.54, 1.807) is 12.1 Å². The summed E-state index contributed by atoms with van der Waals surface area (Å²) >= 11 is 1.27. The van der Waals surface area contributed by atoms with E-state index in [-0.39, 0.29) is 12.1 Å². The molecule has 0 atom stereocenters. The molecule has 0 saturated carbocycles. The second kappa shape index (κ2) is 6.70. The number of fused-ring (bicyclic) bond motifs is 1. The number of amides is 2. The fourth-order valence-corrected chi connectivity index (χ4v) is 3.66. The Morgan fingerprint density at radius 3 is 2.88 bits per heavy atom. The van der Waals surface area contributed by atoms with Crippen molar-refractivity contribution in [3.8, 4) is 6.07 Å². The number of furan rings is 1. The Morgan fingerprint density at radius 2 is 2.20 bits per heavy atom. The maximum Gasteiger partial charge on any atom is 0.314 e. The monoisotopic (exact) mass is 359 g/mol. The van der Waals surface area contributed by atoms with Gasteiger partial charge < -0.3 is 19.8 Å². The highest BCUT2D eigenvalue weighted by molar-refractivity contribution is 7.16. The summed E-state index contributed by atoms with van der Waals surface area (Å²) in [6.45, 7) is 4.42. The van der Waals surface area contributed by atoms with Gasteiger partial charge in [0.05, 0.1) is 30.6 Å². The summed E-state index contributed by atoms with van der Waals surface area (Å²) in [5.41, 5.74) is 0.931. The van der Waals surface area contributed by atoms with Gasteiger partial charge in [0.25, 0.3) is 0 Å². The van der Waals surface area contributed by atoms with Crippen LogP contribution in [0.2, 0.25) is 0 Å². The number of rotatable bonds is 3. The molecule has 0 fully saturated rings. The van der Waals surface area contributed by atoms with Gasteiger partial charge in [-0.15, -0.1) is 11.3 Å². The number of hydrogen-bond donors (Lipinski definition) is 2. The van der Waals surface area contributed by atoms with E-state index in [9.17, 15) is 14.9 Å². The molecule has 2 aromatic heterocycles. The summed E-state index contributed by atoms with van der Waals surface area (Å²) in [6, 6.07) is 5.52. The average molecular weight is 359 g/mol. The van der Waals surface area contributed by atoms with Gasteiger partial charge in [-0.1, -0.05) is 0 Å². The number of carbonyl (C=O) groups is 2. The third-order valence-corrected chi connectivity index (χ3v) is 4.96. The average Bonchev–Trinajstić information content (AvgIpc) is 3.18. The van der Waals surface area contributed by atoms with Crippen LogP contribution in [0, 0.1) is 11.3 Å². The third kappa shape index (κ3) is 3.73. The molecule has 7 nitrogen and oxygen atoms in total. The summed E-state index contributed by atoms with van der Waals surface area (Å²) in [4.78, 5) is 24.9. The molecule has 0 aliphatic carbocycles. The molecule has 0 unspecified atom stereocenters. The molecular weight excluding hydrogens is 342 g/mol. The van der Waals surface area contributed by atoms with Gasteiger partial charge in [0.2, 0.25) is 0 Å². The quantitative estimate of drug-likeness (QED) is 0.819. The Kier molecular flexibility index (Phi) is 4.61. The lowest BCUT2D eigenvalue weighted by Gasteiger charge is -2.29. The largest absolute Gasteiger partial charge is 0.467 e. The standard InChI is InChI=1S/C17H17N3O4S/c1-17(2)6-11-12(7-18)16(25-13(11)9-24-17)20-15(22)14(21)19-8-10-4-3-5-23-10/h3-5H,6,8-9H2,1-2H3,(H,19,21)(H,20,22). The van der Waals surface area contributed by atoms with E-state index in [1.807, 2.05) is 13.8 Å². The van der Waals surface area contributed by atoms with E-state index in [0.29, 0.717) is 29.4 Å². The molecular formula is C17H17N3O4S. The predicted octanol–water partition coefficient (Wildman–Crippen LogP) is 2.32. The molecule has 3 rings (SSSR count). The number of anilines is 1. The second-order valence-electron chi connectivity index (χ2n) is 6.26. The molecule has 0 bridgehead atoms. The zero-order chi connectivity index (χ0) is 18.0. The molecule has 1 aliphatic heterocycles. The normalized spacial score (nSPS) is 15.1. The molecule has 130 valence electrons. The number of nitrogens with one attached hydrogen (secondary N) is 2. The van der Waals surface area contributed by atoms with Crippen LogP contribution >= 0.6 is 11.3 Å². The van der Waals surface area contributed by atoms with Gasteiger partial charge in [-0.3, -0.25) is 9.59 Å². The molecule has 8 heteroatoms. The highest BCUT2D eigenvalue weighted by Gasteiger charge is 2.32. The van der Waals surface area contributed by atoms with Gasteiger partial charge >= 0.3 is 11.8 Å². The lowest BCUT2D eigenvalue weighted by molar-refractivity contribution is -0.136. The van der Waals surface area contributed by atoms with Crippen molar-refractivity contribution < 1.29 is 18.7 Å². The van der Waals surface area contributed by atoms with Crippen LogP contribution in [0.3, 0.4) is 0 Å². The van der Waals surface area contributed by atoms with E-state index in [2.05, 4.69) is 16.7 Å². The van der Waals surface area contributed by atoms with Crippen molar-refractivity contribution >= 4 is 28.2 Å². The van der Waals surface area contributed by atoms with Gasteiger partial charge in [-0.05, 0) is 31.5 Å². The lowest BCUT2D eigenvalue weighted by Crippen LogP contribution is -2.34. The maximum atomic E-state index is 12.1. The molecule has 0 aromatic carbocycles. The third-order valence-electron chi connectivity index (χ3n) is 3.84. The fourth-order valence-electron chi connectivity index (χ4n) is 2.58.